The van der Waals surface area contributed by atoms with Crippen LogP contribution in [0.3, 0.4) is 0 Å². The van der Waals surface area contributed by atoms with E-state index >= 15 is 0 Å². The van der Waals surface area contributed by atoms with Crippen molar-refractivity contribution in [2.24, 2.45) is 0 Å². The van der Waals surface area contributed by atoms with Gasteiger partial charge in [-0.1, -0.05) is 47.5 Å². The fraction of sp³-hybridized carbons (Fsp3) is 0.360. The number of hydrogen-bond donors (Lipinski definition) is 1. The van der Waals surface area contributed by atoms with Crippen LogP contribution in [0.1, 0.15) is 43.6 Å². The minimum absolute atomic E-state index is 0.0534. The molecule has 0 unspecified atom stereocenters. The molecule has 0 aliphatic carbocycles. The first-order valence-electron chi connectivity index (χ1n) is 10.9. The summed E-state index contributed by atoms with van der Waals surface area (Å²) in [7, 11) is 0. The molecule has 1 N–H and O–H groups in total. The number of amides is 1. The molecule has 3 aromatic rings. The molecule has 170 valence electrons. The minimum Gasteiger partial charge on any atom is -0.490 e. The molecule has 7 heteroatoms. The Bertz CT molecular complexity index is 1030. The van der Waals surface area contributed by atoms with E-state index in [2.05, 4.69) is 33.2 Å². The van der Waals surface area contributed by atoms with Crippen molar-refractivity contribution < 1.29 is 14.3 Å². The van der Waals surface area contributed by atoms with Gasteiger partial charge >= 0.3 is 0 Å². The third-order valence-electron chi connectivity index (χ3n) is 4.86. The number of hydrogen-bond acceptors (Lipinski definition) is 5. The van der Waals surface area contributed by atoms with E-state index in [0.29, 0.717) is 31.2 Å². The van der Waals surface area contributed by atoms with Crippen molar-refractivity contribution >= 4 is 38.3 Å². The Morgan fingerprint density at radius 2 is 1.88 bits per heavy atom. The van der Waals surface area contributed by atoms with Crippen molar-refractivity contribution in [1.29, 1.82) is 0 Å². The SMILES string of the molecule is CCCCOc1ccc(CCC(=O)Nc2nc(-c3ccc(Br)cc3)c(C)s2)cc1OCC. The monoisotopic (exact) mass is 516 g/mol. The number of nitrogens with one attached hydrogen (secondary N) is 1. The Morgan fingerprint density at radius 3 is 2.59 bits per heavy atom. The number of rotatable bonds is 11. The molecule has 3 rings (SSSR count). The smallest absolute Gasteiger partial charge is 0.226 e. The summed E-state index contributed by atoms with van der Waals surface area (Å²) in [6.07, 6.45) is 3.08. The van der Waals surface area contributed by atoms with Crippen molar-refractivity contribution in [2.45, 2.75) is 46.5 Å². The number of anilines is 1. The molecule has 2 aromatic carbocycles. The minimum atomic E-state index is -0.0534. The van der Waals surface area contributed by atoms with Crippen molar-refractivity contribution in [3.8, 4) is 22.8 Å². The van der Waals surface area contributed by atoms with Crippen LogP contribution in [0.15, 0.2) is 46.9 Å². The first-order chi connectivity index (χ1) is 15.5. The lowest BCUT2D eigenvalue weighted by Crippen LogP contribution is -2.12. The van der Waals surface area contributed by atoms with E-state index in [0.717, 1.165) is 50.5 Å². The molecule has 32 heavy (non-hydrogen) atoms. The van der Waals surface area contributed by atoms with Gasteiger partial charge in [-0.15, -0.1) is 11.3 Å². The molecular weight excluding hydrogens is 488 g/mol. The predicted molar refractivity (Wildman–Crippen MR) is 135 cm³/mol. The van der Waals surface area contributed by atoms with Crippen LogP contribution in [-0.2, 0) is 11.2 Å². The summed E-state index contributed by atoms with van der Waals surface area (Å²) in [5.74, 6) is 1.44. The first-order valence-corrected chi connectivity index (χ1v) is 12.5. The highest BCUT2D eigenvalue weighted by Crippen LogP contribution is 2.32. The Kier molecular flexibility index (Phi) is 9.11. The zero-order chi connectivity index (χ0) is 22.9. The summed E-state index contributed by atoms with van der Waals surface area (Å²) in [6.45, 7) is 7.35. The molecule has 0 fully saturated rings. The van der Waals surface area contributed by atoms with Gasteiger partial charge in [-0.2, -0.15) is 0 Å². The number of carbonyl (C=O) groups is 1. The van der Waals surface area contributed by atoms with Gasteiger partial charge in [0, 0.05) is 21.3 Å². The highest BCUT2D eigenvalue weighted by Gasteiger charge is 2.13. The van der Waals surface area contributed by atoms with Crippen LogP contribution in [0.5, 0.6) is 11.5 Å². The number of halogens is 1. The van der Waals surface area contributed by atoms with E-state index < -0.39 is 0 Å². The van der Waals surface area contributed by atoms with Crippen LogP contribution in [0.25, 0.3) is 11.3 Å². The Labute approximate surface area is 202 Å². The molecule has 0 aliphatic rings. The highest BCUT2D eigenvalue weighted by atomic mass is 79.9. The standard InChI is InChI=1S/C25H29BrN2O3S/c1-4-6-15-31-21-13-7-18(16-22(21)30-5-2)8-14-23(29)27-25-28-24(17(3)32-25)19-9-11-20(26)12-10-19/h7,9-13,16H,4-6,8,14-15H2,1-3H3,(H,27,28,29). The number of nitrogens with zero attached hydrogens (tertiary/aromatic N) is 1. The molecule has 0 atom stereocenters. The van der Waals surface area contributed by atoms with Crippen molar-refractivity contribution in [3.63, 3.8) is 0 Å². The average Bonchev–Trinajstić information content (AvgIpc) is 3.14. The van der Waals surface area contributed by atoms with Gasteiger partial charge < -0.3 is 14.8 Å². The molecule has 1 heterocycles. The third-order valence-corrected chi connectivity index (χ3v) is 6.28. The number of aromatic nitrogens is 1. The van der Waals surface area contributed by atoms with Crippen LogP contribution in [0, 0.1) is 6.92 Å². The van der Waals surface area contributed by atoms with Crippen molar-refractivity contribution in [1.82, 2.24) is 4.98 Å². The average molecular weight is 517 g/mol. The van der Waals surface area contributed by atoms with Gasteiger partial charge in [0.1, 0.15) is 0 Å². The van der Waals surface area contributed by atoms with Crippen LogP contribution in [0.4, 0.5) is 5.13 Å². The van der Waals surface area contributed by atoms with Gasteiger partial charge in [-0.05, 0) is 56.5 Å². The molecule has 1 amide bonds. The molecule has 0 radical (unpaired) electrons. The number of benzene rings is 2. The fourth-order valence-electron chi connectivity index (χ4n) is 3.19. The van der Waals surface area contributed by atoms with E-state index in [9.17, 15) is 4.79 Å². The highest BCUT2D eigenvalue weighted by molar-refractivity contribution is 9.10. The van der Waals surface area contributed by atoms with Crippen LogP contribution >= 0.6 is 27.3 Å². The van der Waals surface area contributed by atoms with Gasteiger partial charge in [0.05, 0.1) is 18.9 Å². The summed E-state index contributed by atoms with van der Waals surface area (Å²) in [6, 6.07) is 13.9. The number of thiazole rings is 1. The third kappa shape index (κ3) is 6.81. The summed E-state index contributed by atoms with van der Waals surface area (Å²) in [4.78, 5) is 18.2. The molecule has 0 spiro atoms. The van der Waals surface area contributed by atoms with Gasteiger partial charge in [0.2, 0.25) is 5.91 Å². The van der Waals surface area contributed by atoms with Gasteiger partial charge in [0.25, 0.3) is 0 Å². The number of ether oxygens (including phenoxy) is 2. The quantitative estimate of drug-likeness (QED) is 0.278. The number of aryl methyl sites for hydroxylation is 2. The Hall–Kier alpha value is -2.38. The number of carbonyl (C=O) groups excluding carboxylic acids is 1. The molecule has 1 aromatic heterocycles. The molecule has 0 aliphatic heterocycles. The summed E-state index contributed by atoms with van der Waals surface area (Å²) in [5.41, 5.74) is 2.97. The second-order valence-electron chi connectivity index (χ2n) is 7.39. The van der Waals surface area contributed by atoms with Gasteiger partial charge in [0.15, 0.2) is 16.6 Å². The van der Waals surface area contributed by atoms with Crippen molar-refractivity contribution in [2.75, 3.05) is 18.5 Å². The normalized spacial score (nSPS) is 10.8. The maximum absolute atomic E-state index is 12.5. The molecule has 0 saturated heterocycles. The first kappa shape index (κ1) is 24.3. The zero-order valence-corrected chi connectivity index (χ0v) is 21.1. The second-order valence-corrected chi connectivity index (χ2v) is 9.51. The van der Waals surface area contributed by atoms with E-state index in [1.165, 1.54) is 11.3 Å². The maximum Gasteiger partial charge on any atom is 0.226 e. The molecular formula is C25H29BrN2O3S. The van der Waals surface area contributed by atoms with E-state index in [1.54, 1.807) is 0 Å². The summed E-state index contributed by atoms with van der Waals surface area (Å²) in [5, 5.41) is 3.57. The van der Waals surface area contributed by atoms with Gasteiger partial charge in [-0.3, -0.25) is 4.79 Å². The van der Waals surface area contributed by atoms with E-state index in [-0.39, 0.29) is 5.91 Å². The number of unbranched alkanes of at least 4 members (excludes halogenated alkanes) is 1. The maximum atomic E-state index is 12.5. The van der Waals surface area contributed by atoms with Gasteiger partial charge in [-0.25, -0.2) is 4.98 Å². The fourth-order valence-corrected chi connectivity index (χ4v) is 4.30. The summed E-state index contributed by atoms with van der Waals surface area (Å²) >= 11 is 4.94. The topological polar surface area (TPSA) is 60.5 Å². The lowest BCUT2D eigenvalue weighted by Gasteiger charge is -2.13. The van der Waals surface area contributed by atoms with E-state index in [1.807, 2.05) is 56.3 Å². The lowest BCUT2D eigenvalue weighted by molar-refractivity contribution is -0.116. The molecule has 5 nitrogen and oxygen atoms in total. The van der Waals surface area contributed by atoms with E-state index in [4.69, 9.17) is 9.47 Å². The Morgan fingerprint density at radius 1 is 1.09 bits per heavy atom. The zero-order valence-electron chi connectivity index (χ0n) is 18.7. The van der Waals surface area contributed by atoms with Crippen LogP contribution in [0.2, 0.25) is 0 Å². The van der Waals surface area contributed by atoms with Crippen LogP contribution < -0.4 is 14.8 Å². The van der Waals surface area contributed by atoms with Crippen molar-refractivity contribution in [3.05, 3.63) is 57.4 Å². The molecule has 0 saturated carbocycles. The van der Waals surface area contributed by atoms with Crippen LogP contribution in [-0.4, -0.2) is 24.1 Å². The largest absolute Gasteiger partial charge is 0.490 e. The predicted octanol–water partition coefficient (Wildman–Crippen LogP) is 7.03. The molecule has 0 bridgehead atoms. The second kappa shape index (κ2) is 12.0. The Balaban J connectivity index is 1.59. The summed E-state index contributed by atoms with van der Waals surface area (Å²) < 4.78 is 12.6. The lowest BCUT2D eigenvalue weighted by atomic mass is 10.1.